The van der Waals surface area contributed by atoms with Crippen LogP contribution < -0.4 is 5.69 Å². The fourth-order valence-corrected chi connectivity index (χ4v) is 2.11. The van der Waals surface area contributed by atoms with Gasteiger partial charge in [-0.25, -0.2) is 9.18 Å². The van der Waals surface area contributed by atoms with E-state index in [0.717, 1.165) is 12.0 Å². The standard InChI is InChI=1S/C16H17FN2O2/c1-2-7-18-8-9-19(16(18)21)12-14-5-6-15(17)11-13(14)4-3-10-20/h5-6,8-9,11,20H,2,7,10,12H2,1H3. The smallest absolute Gasteiger partial charge is 0.328 e. The highest BCUT2D eigenvalue weighted by atomic mass is 19.1. The van der Waals surface area contributed by atoms with Crippen LogP contribution in [-0.4, -0.2) is 20.8 Å². The summed E-state index contributed by atoms with van der Waals surface area (Å²) in [5, 5.41) is 8.76. The summed E-state index contributed by atoms with van der Waals surface area (Å²) in [6.45, 7) is 2.72. The largest absolute Gasteiger partial charge is 0.384 e. The van der Waals surface area contributed by atoms with Crippen LogP contribution in [0.1, 0.15) is 24.5 Å². The molecule has 2 rings (SSSR count). The number of rotatable bonds is 4. The second kappa shape index (κ2) is 6.91. The SMILES string of the molecule is CCCn1ccn(Cc2ccc(F)cc2C#CCO)c1=O. The summed E-state index contributed by atoms with van der Waals surface area (Å²) >= 11 is 0. The van der Waals surface area contributed by atoms with E-state index < -0.39 is 5.82 Å². The van der Waals surface area contributed by atoms with Gasteiger partial charge in [-0.3, -0.25) is 9.13 Å². The Morgan fingerprint density at radius 1 is 1.29 bits per heavy atom. The van der Waals surface area contributed by atoms with E-state index in [4.69, 9.17) is 5.11 Å². The normalized spacial score (nSPS) is 10.2. The average molecular weight is 288 g/mol. The van der Waals surface area contributed by atoms with Crippen molar-refractivity contribution >= 4 is 0 Å². The van der Waals surface area contributed by atoms with Crippen LogP contribution in [0.25, 0.3) is 0 Å². The first-order valence-corrected chi connectivity index (χ1v) is 6.79. The minimum Gasteiger partial charge on any atom is -0.384 e. The van der Waals surface area contributed by atoms with Crippen LogP contribution in [0.3, 0.4) is 0 Å². The average Bonchev–Trinajstić information content (AvgIpc) is 2.81. The molecule has 110 valence electrons. The summed E-state index contributed by atoms with van der Waals surface area (Å²) in [5.41, 5.74) is 1.13. The van der Waals surface area contributed by atoms with E-state index in [-0.39, 0.29) is 12.3 Å². The number of aromatic nitrogens is 2. The monoisotopic (exact) mass is 288 g/mol. The lowest BCUT2D eigenvalue weighted by Crippen LogP contribution is -2.24. The number of benzene rings is 1. The molecule has 0 atom stereocenters. The Labute approximate surface area is 122 Å². The molecule has 0 aliphatic rings. The first-order chi connectivity index (χ1) is 10.2. The van der Waals surface area contributed by atoms with Gasteiger partial charge in [-0.2, -0.15) is 0 Å². The molecule has 0 bridgehead atoms. The van der Waals surface area contributed by atoms with Crippen LogP contribution in [-0.2, 0) is 13.1 Å². The molecular weight excluding hydrogens is 271 g/mol. The Morgan fingerprint density at radius 3 is 2.76 bits per heavy atom. The number of halogens is 1. The number of aliphatic hydroxyl groups excluding tert-OH is 1. The third kappa shape index (κ3) is 3.61. The zero-order valence-electron chi connectivity index (χ0n) is 11.8. The van der Waals surface area contributed by atoms with E-state index in [9.17, 15) is 9.18 Å². The van der Waals surface area contributed by atoms with Crippen molar-refractivity contribution in [1.29, 1.82) is 0 Å². The van der Waals surface area contributed by atoms with E-state index in [0.29, 0.717) is 18.7 Å². The van der Waals surface area contributed by atoms with Crippen molar-refractivity contribution in [2.24, 2.45) is 0 Å². The number of aryl methyl sites for hydroxylation is 1. The summed E-state index contributed by atoms with van der Waals surface area (Å²) in [6.07, 6.45) is 4.34. The van der Waals surface area contributed by atoms with Crippen molar-refractivity contribution in [1.82, 2.24) is 9.13 Å². The van der Waals surface area contributed by atoms with Crippen molar-refractivity contribution in [3.05, 3.63) is 58.0 Å². The molecule has 1 aromatic heterocycles. The van der Waals surface area contributed by atoms with Crippen LogP contribution >= 0.6 is 0 Å². The molecule has 1 heterocycles. The van der Waals surface area contributed by atoms with Gasteiger partial charge < -0.3 is 5.11 Å². The molecule has 5 heteroatoms. The zero-order chi connectivity index (χ0) is 15.2. The number of imidazole rings is 1. The highest BCUT2D eigenvalue weighted by Crippen LogP contribution is 2.11. The summed E-state index contributed by atoms with van der Waals surface area (Å²) in [6, 6.07) is 4.26. The van der Waals surface area contributed by atoms with Crippen LogP contribution in [0.15, 0.2) is 35.4 Å². The van der Waals surface area contributed by atoms with E-state index in [1.165, 1.54) is 12.1 Å². The number of hydrogen-bond donors (Lipinski definition) is 1. The topological polar surface area (TPSA) is 47.2 Å². The van der Waals surface area contributed by atoms with Gasteiger partial charge in [0, 0.05) is 24.5 Å². The molecule has 0 radical (unpaired) electrons. The van der Waals surface area contributed by atoms with E-state index >= 15 is 0 Å². The predicted octanol–water partition coefficient (Wildman–Crippen LogP) is 1.59. The van der Waals surface area contributed by atoms with Gasteiger partial charge in [-0.15, -0.1) is 0 Å². The molecule has 0 fully saturated rings. The molecule has 1 N–H and O–H groups in total. The van der Waals surface area contributed by atoms with Gasteiger partial charge in [-0.1, -0.05) is 24.8 Å². The van der Waals surface area contributed by atoms with Gasteiger partial charge in [0.1, 0.15) is 12.4 Å². The van der Waals surface area contributed by atoms with Gasteiger partial charge in [0.05, 0.1) is 6.54 Å². The molecule has 0 spiro atoms. The third-order valence-electron chi connectivity index (χ3n) is 3.10. The Kier molecular flexibility index (Phi) is 4.96. The summed E-state index contributed by atoms with van der Waals surface area (Å²) in [4.78, 5) is 12.1. The third-order valence-corrected chi connectivity index (χ3v) is 3.10. The minimum absolute atomic E-state index is 0.0951. The van der Waals surface area contributed by atoms with Crippen molar-refractivity contribution in [3.8, 4) is 11.8 Å². The summed E-state index contributed by atoms with van der Waals surface area (Å²) < 4.78 is 16.5. The molecule has 0 saturated carbocycles. The van der Waals surface area contributed by atoms with Crippen molar-refractivity contribution in [2.75, 3.05) is 6.61 Å². The Hall–Kier alpha value is -2.32. The second-order valence-corrected chi connectivity index (χ2v) is 4.66. The van der Waals surface area contributed by atoms with Crippen LogP contribution in [0, 0.1) is 17.7 Å². The zero-order valence-corrected chi connectivity index (χ0v) is 11.8. The summed E-state index contributed by atoms with van der Waals surface area (Å²) in [7, 11) is 0. The second-order valence-electron chi connectivity index (χ2n) is 4.66. The highest BCUT2D eigenvalue weighted by molar-refractivity contribution is 5.42. The van der Waals surface area contributed by atoms with Gasteiger partial charge in [-0.05, 0) is 24.1 Å². The van der Waals surface area contributed by atoms with Gasteiger partial charge in [0.25, 0.3) is 0 Å². The van der Waals surface area contributed by atoms with Gasteiger partial charge >= 0.3 is 5.69 Å². The van der Waals surface area contributed by atoms with Crippen LogP contribution in [0.4, 0.5) is 4.39 Å². The lowest BCUT2D eigenvalue weighted by Gasteiger charge is -2.06. The lowest BCUT2D eigenvalue weighted by molar-refractivity contribution is 0.350. The van der Waals surface area contributed by atoms with Gasteiger partial charge in [0.15, 0.2) is 0 Å². The quantitative estimate of drug-likeness (QED) is 0.869. The fourth-order valence-electron chi connectivity index (χ4n) is 2.11. The number of nitrogens with zero attached hydrogens (tertiary/aromatic N) is 2. The maximum absolute atomic E-state index is 13.3. The number of aliphatic hydroxyl groups is 1. The minimum atomic E-state index is -0.392. The van der Waals surface area contributed by atoms with E-state index in [1.54, 1.807) is 27.6 Å². The van der Waals surface area contributed by atoms with Crippen molar-refractivity contribution < 1.29 is 9.50 Å². The number of hydrogen-bond acceptors (Lipinski definition) is 2. The molecule has 21 heavy (non-hydrogen) atoms. The molecule has 0 saturated heterocycles. The van der Waals surface area contributed by atoms with E-state index in [1.807, 2.05) is 6.92 Å². The van der Waals surface area contributed by atoms with Gasteiger partial charge in [0.2, 0.25) is 0 Å². The first-order valence-electron chi connectivity index (χ1n) is 6.79. The van der Waals surface area contributed by atoms with Crippen LogP contribution in [0.5, 0.6) is 0 Å². The predicted molar refractivity (Wildman–Crippen MR) is 78.4 cm³/mol. The molecular formula is C16H17FN2O2. The fraction of sp³-hybridized carbons (Fsp3) is 0.312. The Bertz CT molecular complexity index is 735. The highest BCUT2D eigenvalue weighted by Gasteiger charge is 2.07. The molecule has 0 unspecified atom stereocenters. The van der Waals surface area contributed by atoms with E-state index in [2.05, 4.69) is 11.8 Å². The first kappa shape index (κ1) is 15.1. The molecule has 0 amide bonds. The molecule has 4 nitrogen and oxygen atoms in total. The molecule has 0 aliphatic carbocycles. The maximum atomic E-state index is 13.3. The van der Waals surface area contributed by atoms with Crippen LogP contribution in [0.2, 0.25) is 0 Å². The molecule has 1 aromatic carbocycles. The lowest BCUT2D eigenvalue weighted by atomic mass is 10.1. The molecule has 2 aromatic rings. The Balaban J connectivity index is 2.33. The summed E-state index contributed by atoms with van der Waals surface area (Å²) in [5.74, 6) is 4.83. The van der Waals surface area contributed by atoms with Crippen molar-refractivity contribution in [3.63, 3.8) is 0 Å². The Morgan fingerprint density at radius 2 is 2.05 bits per heavy atom. The van der Waals surface area contributed by atoms with Crippen molar-refractivity contribution in [2.45, 2.75) is 26.4 Å². The maximum Gasteiger partial charge on any atom is 0.328 e. The molecule has 0 aliphatic heterocycles.